The highest BCUT2D eigenvalue weighted by Crippen LogP contribution is 2.43. The molecule has 0 saturated carbocycles. The second kappa shape index (κ2) is 62.5. The Hall–Kier alpha value is -2.55. The smallest absolute Gasteiger partial charge is 0.456 e. The number of quaternary nitrogens is 1. The standard InChI is InChI=1S/C73H135N2O7P/c1-7-10-13-16-19-22-25-28-30-32-33-34-35-36-37-38-39-40-41-43-44-47-50-53-56-59-62-65-72(76)74-70(69-81-83(78,79)80-68-67-75(4,5)6)71(64-61-58-55-52-49-46-27-24-21-18-15-12-9-3)82-73(77)66-63-60-57-54-51-48-45-42-31-29-26-23-20-17-14-11-8-2/h10,13,19,22,28,30,33-34,36-37,61,64,70-71H,7-9,11-12,14-18,20-21,23-27,29,31-32,35,38-60,62-63,65-69H2,1-6H3,(H-,74,76,78,79)/p+1/b13-10-,22-19-,30-28-,34-33-,37-36-,64-61-. The molecule has 0 saturated heterocycles. The number of allylic oxidation sites excluding steroid dienone is 11. The Morgan fingerprint density at radius 2 is 0.771 bits per heavy atom. The summed E-state index contributed by atoms with van der Waals surface area (Å²) in [6.45, 7) is 6.94. The van der Waals surface area contributed by atoms with Crippen LogP contribution in [0.1, 0.15) is 329 Å². The van der Waals surface area contributed by atoms with E-state index < -0.39 is 20.0 Å². The van der Waals surface area contributed by atoms with Crippen molar-refractivity contribution in [2.75, 3.05) is 40.9 Å². The predicted octanol–water partition coefficient (Wildman–Crippen LogP) is 22.3. The molecule has 10 heteroatoms. The highest BCUT2D eigenvalue weighted by molar-refractivity contribution is 7.47. The summed E-state index contributed by atoms with van der Waals surface area (Å²) in [7, 11) is 1.50. The summed E-state index contributed by atoms with van der Waals surface area (Å²) >= 11 is 0. The number of nitrogens with zero attached hydrogens (tertiary/aromatic N) is 1. The molecule has 0 heterocycles. The molecular weight excluding hydrogens is 1050 g/mol. The van der Waals surface area contributed by atoms with Crippen LogP contribution in [0.5, 0.6) is 0 Å². The Balaban J connectivity index is 5.07. The quantitative estimate of drug-likeness (QED) is 0.0205. The first-order valence-corrected chi connectivity index (χ1v) is 36.8. The van der Waals surface area contributed by atoms with Crippen LogP contribution in [0.2, 0.25) is 0 Å². The van der Waals surface area contributed by atoms with E-state index in [2.05, 4.69) is 86.8 Å². The van der Waals surface area contributed by atoms with Crippen LogP contribution < -0.4 is 5.32 Å². The number of hydrogen-bond donors (Lipinski definition) is 2. The summed E-state index contributed by atoms with van der Waals surface area (Å²) in [4.78, 5) is 37.9. The number of carbonyl (C=O) groups excluding carboxylic acids is 2. The van der Waals surface area contributed by atoms with Crippen molar-refractivity contribution < 1.29 is 37.3 Å². The number of esters is 1. The van der Waals surface area contributed by atoms with Crippen LogP contribution in [0.25, 0.3) is 0 Å². The number of phosphoric acid groups is 1. The van der Waals surface area contributed by atoms with Gasteiger partial charge >= 0.3 is 13.8 Å². The van der Waals surface area contributed by atoms with Gasteiger partial charge in [-0.15, -0.1) is 0 Å². The first kappa shape index (κ1) is 80.5. The number of likely N-dealkylation sites (N-methyl/N-ethyl adjacent to an activating group) is 1. The first-order valence-electron chi connectivity index (χ1n) is 35.3. The molecule has 0 rings (SSSR count). The van der Waals surface area contributed by atoms with Crippen molar-refractivity contribution >= 4 is 19.7 Å². The van der Waals surface area contributed by atoms with Crippen LogP contribution in [-0.4, -0.2) is 74.3 Å². The van der Waals surface area contributed by atoms with Gasteiger partial charge in [-0.3, -0.25) is 18.6 Å². The molecule has 0 aromatic heterocycles. The van der Waals surface area contributed by atoms with Crippen LogP contribution in [0, 0.1) is 0 Å². The Morgan fingerprint density at radius 3 is 1.16 bits per heavy atom. The second-order valence-corrected chi connectivity index (χ2v) is 26.5. The lowest BCUT2D eigenvalue weighted by Crippen LogP contribution is -2.47. The van der Waals surface area contributed by atoms with Gasteiger partial charge in [-0.2, -0.15) is 0 Å². The van der Waals surface area contributed by atoms with Gasteiger partial charge in [-0.1, -0.05) is 312 Å². The van der Waals surface area contributed by atoms with Gasteiger partial charge in [0, 0.05) is 12.8 Å². The third kappa shape index (κ3) is 63.8. The maximum Gasteiger partial charge on any atom is 0.472 e. The minimum absolute atomic E-state index is 0.0396. The summed E-state index contributed by atoms with van der Waals surface area (Å²) in [6, 6.07) is -0.851. The molecule has 1 amide bonds. The Bertz CT molecular complexity index is 1650. The van der Waals surface area contributed by atoms with E-state index in [-0.39, 0.29) is 25.1 Å². The van der Waals surface area contributed by atoms with Crippen molar-refractivity contribution in [2.24, 2.45) is 0 Å². The minimum atomic E-state index is -4.45. The normalized spacial score (nSPS) is 14.0. The van der Waals surface area contributed by atoms with Crippen LogP contribution in [0.15, 0.2) is 72.9 Å². The van der Waals surface area contributed by atoms with E-state index >= 15 is 0 Å². The summed E-state index contributed by atoms with van der Waals surface area (Å²) in [6.07, 6.45) is 81.9. The number of ether oxygens (including phenoxy) is 1. The molecular formula is C73H136N2O7P+. The van der Waals surface area contributed by atoms with Crippen molar-refractivity contribution in [2.45, 2.75) is 341 Å². The molecule has 2 N–H and O–H groups in total. The number of nitrogens with one attached hydrogen (secondary N) is 1. The lowest BCUT2D eigenvalue weighted by atomic mass is 10.0. The summed E-state index contributed by atoms with van der Waals surface area (Å²) < 4.78 is 30.8. The SMILES string of the molecule is CC/C=C\C/C=C\C/C=C\C/C=C\C/C=C\CCCCCCCCCCCCCC(=O)NC(COP(=O)(O)OCC[N+](C)(C)C)C(/C=C\CCCCCCCCCCCCC)OC(=O)CCCCCCCCCCCCCCCCCCC. The second-order valence-electron chi connectivity index (χ2n) is 25.0. The number of hydrogen-bond acceptors (Lipinski definition) is 6. The number of rotatable bonds is 64. The monoisotopic (exact) mass is 1180 g/mol. The lowest BCUT2D eigenvalue weighted by Gasteiger charge is -2.27. The third-order valence-electron chi connectivity index (χ3n) is 15.7. The molecule has 0 aliphatic carbocycles. The van der Waals surface area contributed by atoms with E-state index in [1.54, 1.807) is 0 Å². The Labute approximate surface area is 514 Å². The molecule has 0 aromatic rings. The van der Waals surface area contributed by atoms with Crippen LogP contribution in [-0.2, 0) is 27.9 Å². The average molecular weight is 1180 g/mol. The van der Waals surface area contributed by atoms with E-state index in [0.29, 0.717) is 23.9 Å². The largest absolute Gasteiger partial charge is 0.472 e. The van der Waals surface area contributed by atoms with Gasteiger partial charge in [-0.25, -0.2) is 4.57 Å². The van der Waals surface area contributed by atoms with Gasteiger partial charge in [-0.05, 0) is 76.7 Å². The average Bonchev–Trinajstić information content (AvgIpc) is 3.47. The van der Waals surface area contributed by atoms with Crippen LogP contribution in [0.3, 0.4) is 0 Å². The van der Waals surface area contributed by atoms with Crippen molar-refractivity contribution in [3.8, 4) is 0 Å². The fourth-order valence-electron chi connectivity index (χ4n) is 10.3. The molecule has 0 aliphatic heterocycles. The summed E-state index contributed by atoms with van der Waals surface area (Å²) in [5.41, 5.74) is 0. The van der Waals surface area contributed by atoms with Gasteiger partial charge < -0.3 is 19.4 Å². The molecule has 3 atom stereocenters. The molecule has 9 nitrogen and oxygen atoms in total. The molecule has 484 valence electrons. The molecule has 0 radical (unpaired) electrons. The molecule has 0 fully saturated rings. The number of phosphoric ester groups is 1. The Morgan fingerprint density at radius 1 is 0.434 bits per heavy atom. The summed E-state index contributed by atoms with van der Waals surface area (Å²) in [5, 5.41) is 3.07. The molecule has 0 aliphatic rings. The summed E-state index contributed by atoms with van der Waals surface area (Å²) in [5.74, 6) is -0.496. The van der Waals surface area contributed by atoms with Gasteiger partial charge in [0.15, 0.2) is 0 Å². The van der Waals surface area contributed by atoms with Crippen molar-refractivity contribution in [3.05, 3.63) is 72.9 Å². The zero-order valence-corrected chi connectivity index (χ0v) is 56.3. The highest BCUT2D eigenvalue weighted by Gasteiger charge is 2.30. The van der Waals surface area contributed by atoms with E-state index in [4.69, 9.17) is 13.8 Å². The van der Waals surface area contributed by atoms with Gasteiger partial charge in [0.05, 0.1) is 33.8 Å². The van der Waals surface area contributed by atoms with Gasteiger partial charge in [0.1, 0.15) is 19.3 Å². The number of carbonyl (C=O) groups is 2. The molecule has 0 bridgehead atoms. The number of unbranched alkanes of at least 4 members (excludes halogenated alkanes) is 38. The van der Waals surface area contributed by atoms with Gasteiger partial charge in [0.2, 0.25) is 5.91 Å². The van der Waals surface area contributed by atoms with E-state index in [9.17, 15) is 19.0 Å². The lowest BCUT2D eigenvalue weighted by molar-refractivity contribution is -0.870. The van der Waals surface area contributed by atoms with Crippen LogP contribution >= 0.6 is 7.82 Å². The minimum Gasteiger partial charge on any atom is -0.456 e. The molecule has 3 unspecified atom stereocenters. The maximum absolute atomic E-state index is 13.6. The third-order valence-corrected chi connectivity index (χ3v) is 16.6. The van der Waals surface area contributed by atoms with E-state index in [1.807, 2.05) is 33.3 Å². The highest BCUT2D eigenvalue weighted by atomic mass is 31.2. The van der Waals surface area contributed by atoms with E-state index in [0.717, 1.165) is 89.9 Å². The molecule has 0 aromatic carbocycles. The van der Waals surface area contributed by atoms with Crippen molar-refractivity contribution in [1.29, 1.82) is 0 Å². The van der Waals surface area contributed by atoms with Crippen molar-refractivity contribution in [1.82, 2.24) is 5.32 Å². The van der Waals surface area contributed by atoms with Crippen molar-refractivity contribution in [3.63, 3.8) is 0 Å². The predicted molar refractivity (Wildman–Crippen MR) is 360 cm³/mol. The zero-order valence-electron chi connectivity index (χ0n) is 55.4. The maximum atomic E-state index is 13.6. The van der Waals surface area contributed by atoms with E-state index in [1.165, 1.54) is 205 Å². The number of amides is 1. The zero-order chi connectivity index (χ0) is 60.7. The fraction of sp³-hybridized carbons (Fsp3) is 0.808. The molecule has 83 heavy (non-hydrogen) atoms. The first-order chi connectivity index (χ1) is 40.4. The van der Waals surface area contributed by atoms with Crippen LogP contribution in [0.4, 0.5) is 0 Å². The topological polar surface area (TPSA) is 111 Å². The Kier molecular flexibility index (Phi) is 60.6. The fourth-order valence-corrected chi connectivity index (χ4v) is 11.0. The van der Waals surface area contributed by atoms with Gasteiger partial charge in [0.25, 0.3) is 0 Å². The molecule has 0 spiro atoms.